The average molecular weight is 281 g/mol. The van der Waals surface area contributed by atoms with Crippen molar-refractivity contribution < 1.29 is 0 Å². The van der Waals surface area contributed by atoms with Crippen LogP contribution in [0.5, 0.6) is 0 Å². The van der Waals surface area contributed by atoms with E-state index in [9.17, 15) is 0 Å². The molecule has 0 saturated carbocycles. The number of allylic oxidation sites excluding steroid dienone is 1. The maximum Gasteiger partial charge on any atom is 0.0490 e. The summed E-state index contributed by atoms with van der Waals surface area (Å²) in [4.78, 5) is 3.78. The molecule has 102 valence electrons. The summed E-state index contributed by atoms with van der Waals surface area (Å²) in [5.74, 6) is 0. The third-order valence-electron chi connectivity index (χ3n) is 3.90. The van der Waals surface area contributed by atoms with Gasteiger partial charge in [0.05, 0.1) is 0 Å². The third-order valence-corrected chi connectivity index (χ3v) is 4.72. The van der Waals surface area contributed by atoms with E-state index in [1.165, 1.54) is 33.0 Å². The Kier molecular flexibility index (Phi) is 3.58. The second-order valence-corrected chi connectivity index (χ2v) is 5.93. The fraction of sp³-hybridized carbons (Fsp3) is 0.222. The quantitative estimate of drug-likeness (QED) is 0.735. The van der Waals surface area contributed by atoms with Crippen LogP contribution in [0.25, 0.3) is 5.57 Å². The van der Waals surface area contributed by atoms with Gasteiger partial charge in [0.15, 0.2) is 0 Å². The highest BCUT2D eigenvalue weighted by molar-refractivity contribution is 8.02. The minimum atomic E-state index is 0.986. The molecule has 0 amide bonds. The highest BCUT2D eigenvalue weighted by Gasteiger charge is 2.25. The molecule has 20 heavy (non-hydrogen) atoms. The summed E-state index contributed by atoms with van der Waals surface area (Å²) in [6.45, 7) is 5.42. The van der Waals surface area contributed by atoms with Crippen LogP contribution in [0.1, 0.15) is 25.0 Å². The first-order valence-electron chi connectivity index (χ1n) is 6.99. The van der Waals surface area contributed by atoms with Crippen molar-refractivity contribution in [2.75, 3.05) is 17.7 Å². The Labute approximate surface area is 125 Å². The number of fused-ring (bicyclic) bond motifs is 2. The maximum absolute atomic E-state index is 2.40. The molecule has 0 spiro atoms. The molecular formula is C18H19NS. The van der Waals surface area contributed by atoms with E-state index in [4.69, 9.17) is 0 Å². The Bertz CT molecular complexity index is 623. The van der Waals surface area contributed by atoms with E-state index < -0.39 is 0 Å². The summed E-state index contributed by atoms with van der Waals surface area (Å²) >= 11 is 1.83. The van der Waals surface area contributed by atoms with Gasteiger partial charge in [-0.15, -0.1) is 11.8 Å². The second-order valence-electron chi connectivity index (χ2n) is 4.91. The molecule has 0 bridgehead atoms. The van der Waals surface area contributed by atoms with Gasteiger partial charge >= 0.3 is 0 Å². The molecule has 2 aromatic carbocycles. The largest absolute Gasteiger partial charge is 0.341 e. The van der Waals surface area contributed by atoms with E-state index in [0.717, 1.165) is 6.54 Å². The van der Waals surface area contributed by atoms with Gasteiger partial charge < -0.3 is 4.90 Å². The van der Waals surface area contributed by atoms with E-state index in [0.29, 0.717) is 0 Å². The van der Waals surface area contributed by atoms with E-state index in [-0.39, 0.29) is 0 Å². The van der Waals surface area contributed by atoms with Gasteiger partial charge in [0.25, 0.3) is 0 Å². The van der Waals surface area contributed by atoms with Gasteiger partial charge in [-0.25, -0.2) is 0 Å². The average Bonchev–Trinajstić information content (AvgIpc) is 2.51. The van der Waals surface area contributed by atoms with Crippen molar-refractivity contribution in [1.29, 1.82) is 0 Å². The topological polar surface area (TPSA) is 3.24 Å². The van der Waals surface area contributed by atoms with Crippen LogP contribution >= 0.6 is 11.8 Å². The van der Waals surface area contributed by atoms with Crippen molar-refractivity contribution in [2.45, 2.75) is 13.8 Å². The summed E-state index contributed by atoms with van der Waals surface area (Å²) in [6.07, 6.45) is 2.15. The van der Waals surface area contributed by atoms with Crippen molar-refractivity contribution in [3.05, 3.63) is 64.6 Å². The SMILES string of the molecule is CCN1c2ccccc2C(=C(C)SC)c2ccccc21. The minimum Gasteiger partial charge on any atom is -0.341 e. The zero-order valence-electron chi connectivity index (χ0n) is 12.2. The van der Waals surface area contributed by atoms with Crippen LogP contribution in [-0.2, 0) is 0 Å². The minimum absolute atomic E-state index is 0.986. The van der Waals surface area contributed by atoms with Crippen molar-refractivity contribution in [1.82, 2.24) is 0 Å². The summed E-state index contributed by atoms with van der Waals surface area (Å²) in [5, 5.41) is 0. The van der Waals surface area contributed by atoms with Gasteiger partial charge in [-0.1, -0.05) is 36.4 Å². The number of nitrogens with zero attached hydrogens (tertiary/aromatic N) is 1. The summed E-state index contributed by atoms with van der Waals surface area (Å²) in [6, 6.07) is 17.4. The van der Waals surface area contributed by atoms with Crippen LogP contribution in [0, 0.1) is 0 Å². The number of hydrogen-bond acceptors (Lipinski definition) is 2. The predicted molar refractivity (Wildman–Crippen MR) is 90.8 cm³/mol. The monoisotopic (exact) mass is 281 g/mol. The Morgan fingerprint density at radius 3 is 1.90 bits per heavy atom. The van der Waals surface area contributed by atoms with Crippen molar-refractivity contribution in [3.63, 3.8) is 0 Å². The van der Waals surface area contributed by atoms with Gasteiger partial charge in [-0.2, -0.15) is 0 Å². The van der Waals surface area contributed by atoms with E-state index in [1.807, 2.05) is 11.8 Å². The molecule has 0 fully saturated rings. The lowest BCUT2D eigenvalue weighted by molar-refractivity contribution is 1.01. The molecule has 0 saturated heterocycles. The Morgan fingerprint density at radius 1 is 0.950 bits per heavy atom. The number of hydrogen-bond donors (Lipinski definition) is 0. The van der Waals surface area contributed by atoms with Gasteiger partial charge in [0.1, 0.15) is 0 Å². The Morgan fingerprint density at radius 2 is 1.45 bits per heavy atom. The molecular weight excluding hydrogens is 262 g/mol. The summed E-state index contributed by atoms with van der Waals surface area (Å²) in [5.41, 5.74) is 6.71. The van der Waals surface area contributed by atoms with Gasteiger partial charge in [0.2, 0.25) is 0 Å². The molecule has 1 heterocycles. The van der Waals surface area contributed by atoms with Gasteiger partial charge in [-0.3, -0.25) is 0 Å². The number of thioether (sulfide) groups is 1. The molecule has 2 aromatic rings. The number of benzene rings is 2. The molecule has 0 radical (unpaired) electrons. The predicted octanol–water partition coefficient (Wildman–Crippen LogP) is 5.30. The first-order valence-corrected chi connectivity index (χ1v) is 8.21. The van der Waals surface area contributed by atoms with E-state index in [2.05, 4.69) is 73.5 Å². The van der Waals surface area contributed by atoms with E-state index in [1.54, 1.807) is 0 Å². The van der Waals surface area contributed by atoms with Gasteiger partial charge in [-0.05, 0) is 37.1 Å². The Hall–Kier alpha value is -1.67. The molecule has 2 heteroatoms. The van der Waals surface area contributed by atoms with E-state index >= 15 is 0 Å². The van der Waals surface area contributed by atoms with Crippen LogP contribution < -0.4 is 4.90 Å². The standard InChI is InChI=1S/C18H19NS/c1-4-19-16-11-7-5-9-14(16)18(13(2)20-3)15-10-6-8-12-17(15)19/h5-12H,4H2,1-3H3. The van der Waals surface area contributed by atoms with Crippen LogP contribution in [0.3, 0.4) is 0 Å². The fourth-order valence-corrected chi connectivity index (χ4v) is 3.36. The highest BCUT2D eigenvalue weighted by atomic mass is 32.2. The molecule has 3 rings (SSSR count). The molecule has 0 atom stereocenters. The molecule has 0 N–H and O–H groups in total. The molecule has 1 nitrogen and oxygen atoms in total. The summed E-state index contributed by atoms with van der Waals surface area (Å²) < 4.78 is 0. The number of para-hydroxylation sites is 2. The normalized spacial score (nSPS) is 12.9. The van der Waals surface area contributed by atoms with Gasteiger partial charge in [0, 0.05) is 34.6 Å². The number of rotatable bonds is 2. The fourth-order valence-electron chi connectivity index (χ4n) is 2.94. The molecule has 1 aliphatic heterocycles. The second kappa shape index (κ2) is 5.37. The van der Waals surface area contributed by atoms with Crippen molar-refractivity contribution in [2.24, 2.45) is 0 Å². The van der Waals surface area contributed by atoms with Crippen LogP contribution in [0.4, 0.5) is 11.4 Å². The highest BCUT2D eigenvalue weighted by Crippen LogP contribution is 2.46. The molecule has 0 unspecified atom stereocenters. The molecule has 0 aliphatic carbocycles. The third kappa shape index (κ3) is 1.95. The first-order chi connectivity index (χ1) is 9.77. The zero-order valence-corrected chi connectivity index (χ0v) is 13.0. The lowest BCUT2D eigenvalue weighted by Gasteiger charge is -2.34. The first kappa shape index (κ1) is 13.3. The van der Waals surface area contributed by atoms with Crippen molar-refractivity contribution in [3.8, 4) is 0 Å². The summed E-state index contributed by atoms with van der Waals surface area (Å²) in [7, 11) is 0. The molecule has 1 aliphatic rings. The molecule has 0 aromatic heterocycles. The maximum atomic E-state index is 2.40. The Balaban J connectivity index is 2.36. The lowest BCUT2D eigenvalue weighted by atomic mass is 9.90. The van der Waals surface area contributed by atoms with Crippen LogP contribution in [-0.4, -0.2) is 12.8 Å². The van der Waals surface area contributed by atoms with Crippen LogP contribution in [0.2, 0.25) is 0 Å². The van der Waals surface area contributed by atoms with Crippen molar-refractivity contribution >= 4 is 28.7 Å². The number of anilines is 2. The lowest BCUT2D eigenvalue weighted by Crippen LogP contribution is -2.22. The van der Waals surface area contributed by atoms with Crippen LogP contribution in [0.15, 0.2) is 53.4 Å². The smallest absolute Gasteiger partial charge is 0.0490 e. The zero-order chi connectivity index (χ0) is 14.1.